The monoisotopic (exact) mass is 202 g/mol. The number of rotatable bonds is 1. The maximum atomic E-state index is 2.49. The van der Waals surface area contributed by atoms with Gasteiger partial charge in [-0.1, -0.05) is 41.0 Å². The number of piperazine rings is 1. The molecular formula is C12H30N2. The lowest BCUT2D eigenvalue weighted by molar-refractivity contribution is 0.160. The molecule has 0 spiro atoms. The molecule has 1 rings (SSSR count). The summed E-state index contributed by atoms with van der Waals surface area (Å²) in [6.45, 7) is 16.7. The summed E-state index contributed by atoms with van der Waals surface area (Å²) in [7, 11) is 2.19. The van der Waals surface area contributed by atoms with Crippen molar-refractivity contribution in [2.75, 3.05) is 39.8 Å². The largest absolute Gasteiger partial charge is 0.304 e. The van der Waals surface area contributed by atoms with Crippen LogP contribution in [0.15, 0.2) is 0 Å². The first-order valence-electron chi connectivity index (χ1n) is 6.15. The third-order valence-electron chi connectivity index (χ3n) is 2.04. The second kappa shape index (κ2) is 12.9. The fraction of sp³-hybridized carbons (Fsp3) is 1.00. The molecule has 0 aliphatic carbocycles. The summed E-state index contributed by atoms with van der Waals surface area (Å²) in [4.78, 5) is 4.87. The second-order valence-electron chi connectivity index (χ2n) is 3.44. The van der Waals surface area contributed by atoms with Crippen LogP contribution in [0, 0.1) is 0 Å². The van der Waals surface area contributed by atoms with Gasteiger partial charge in [-0.25, -0.2) is 0 Å². The van der Waals surface area contributed by atoms with Gasteiger partial charge in [-0.3, -0.25) is 0 Å². The first-order chi connectivity index (χ1) is 6.74. The quantitative estimate of drug-likeness (QED) is 0.645. The van der Waals surface area contributed by atoms with Gasteiger partial charge in [0.25, 0.3) is 0 Å². The van der Waals surface area contributed by atoms with E-state index in [1.807, 2.05) is 13.8 Å². The Balaban J connectivity index is 0. The van der Waals surface area contributed by atoms with Crippen molar-refractivity contribution >= 4 is 0 Å². The van der Waals surface area contributed by atoms with Crippen LogP contribution in [0.3, 0.4) is 0 Å². The van der Waals surface area contributed by atoms with Gasteiger partial charge in [-0.2, -0.15) is 0 Å². The third kappa shape index (κ3) is 10.0. The molecule has 1 aliphatic heterocycles. The minimum absolute atomic E-state index is 1.22. The molecule has 2 heteroatoms. The Morgan fingerprint density at radius 1 is 0.857 bits per heavy atom. The maximum Gasteiger partial charge on any atom is 0.0110 e. The zero-order valence-corrected chi connectivity index (χ0v) is 11.1. The number of likely N-dealkylation sites (N-methyl/N-ethyl adjacent to an activating group) is 2. The smallest absolute Gasteiger partial charge is 0.0110 e. The van der Waals surface area contributed by atoms with E-state index in [2.05, 4.69) is 37.6 Å². The summed E-state index contributed by atoms with van der Waals surface area (Å²) in [6, 6.07) is 0. The Morgan fingerprint density at radius 2 is 1.21 bits per heavy atom. The fourth-order valence-corrected chi connectivity index (χ4v) is 1.16. The average molecular weight is 202 g/mol. The lowest BCUT2D eigenvalue weighted by Crippen LogP contribution is -2.44. The molecular weight excluding hydrogens is 172 g/mol. The molecule has 88 valence electrons. The molecule has 0 N–H and O–H groups in total. The summed E-state index contributed by atoms with van der Waals surface area (Å²) >= 11 is 0. The van der Waals surface area contributed by atoms with E-state index in [-0.39, 0.29) is 0 Å². The second-order valence-corrected chi connectivity index (χ2v) is 3.44. The van der Waals surface area contributed by atoms with Crippen molar-refractivity contribution in [2.45, 2.75) is 41.0 Å². The van der Waals surface area contributed by atoms with E-state index >= 15 is 0 Å². The maximum absolute atomic E-state index is 2.49. The lowest BCUT2D eigenvalue weighted by atomic mass is 10.3. The number of hydrogen-bond donors (Lipinski definition) is 0. The molecule has 0 unspecified atom stereocenters. The molecule has 0 aromatic rings. The fourth-order valence-electron chi connectivity index (χ4n) is 1.16. The van der Waals surface area contributed by atoms with E-state index in [4.69, 9.17) is 0 Å². The zero-order valence-electron chi connectivity index (χ0n) is 11.1. The van der Waals surface area contributed by atoms with Crippen molar-refractivity contribution in [3.63, 3.8) is 0 Å². The van der Waals surface area contributed by atoms with Crippen molar-refractivity contribution in [1.82, 2.24) is 9.80 Å². The Morgan fingerprint density at radius 3 is 1.50 bits per heavy atom. The Hall–Kier alpha value is -0.0800. The molecule has 1 heterocycles. The van der Waals surface area contributed by atoms with Crippen LogP contribution in [-0.2, 0) is 0 Å². The van der Waals surface area contributed by atoms with E-state index in [0.29, 0.717) is 0 Å². The highest BCUT2D eigenvalue weighted by Crippen LogP contribution is 1.96. The van der Waals surface area contributed by atoms with Crippen LogP contribution in [0.25, 0.3) is 0 Å². The topological polar surface area (TPSA) is 6.48 Å². The van der Waals surface area contributed by atoms with Crippen LogP contribution in [0.5, 0.6) is 0 Å². The van der Waals surface area contributed by atoms with Gasteiger partial charge in [0.15, 0.2) is 0 Å². The van der Waals surface area contributed by atoms with E-state index in [1.165, 1.54) is 39.1 Å². The Labute approximate surface area is 91.3 Å². The highest BCUT2D eigenvalue weighted by Gasteiger charge is 2.10. The molecule has 0 radical (unpaired) electrons. The van der Waals surface area contributed by atoms with Gasteiger partial charge in [0.1, 0.15) is 0 Å². The summed E-state index contributed by atoms with van der Waals surface area (Å²) in [5, 5.41) is 0. The summed E-state index contributed by atoms with van der Waals surface area (Å²) < 4.78 is 0. The van der Waals surface area contributed by atoms with Crippen molar-refractivity contribution in [1.29, 1.82) is 0 Å². The SMILES string of the molecule is CC.CCC.CCN1CCN(C)CC1. The summed E-state index contributed by atoms with van der Waals surface area (Å²) in [5.74, 6) is 0. The molecule has 0 atom stereocenters. The van der Waals surface area contributed by atoms with Crippen LogP contribution in [-0.4, -0.2) is 49.6 Å². The van der Waals surface area contributed by atoms with Gasteiger partial charge in [0, 0.05) is 26.2 Å². The molecule has 1 aliphatic rings. The van der Waals surface area contributed by atoms with E-state index in [9.17, 15) is 0 Å². The minimum atomic E-state index is 1.22. The van der Waals surface area contributed by atoms with Gasteiger partial charge in [-0.15, -0.1) is 0 Å². The standard InChI is InChI=1S/C7H16N2.C3H8.C2H6/c1-3-9-6-4-8(2)5-7-9;1-3-2;1-2/h3-7H2,1-2H3;3H2,1-2H3;1-2H3. The van der Waals surface area contributed by atoms with Gasteiger partial charge in [0.05, 0.1) is 0 Å². The molecule has 0 amide bonds. The molecule has 14 heavy (non-hydrogen) atoms. The van der Waals surface area contributed by atoms with E-state index in [0.717, 1.165) is 0 Å². The zero-order chi connectivity index (χ0) is 11.4. The van der Waals surface area contributed by atoms with Crippen LogP contribution < -0.4 is 0 Å². The molecule has 1 fully saturated rings. The predicted octanol–water partition coefficient (Wildman–Crippen LogP) is 2.70. The van der Waals surface area contributed by atoms with Crippen LogP contribution in [0.2, 0.25) is 0 Å². The van der Waals surface area contributed by atoms with Crippen molar-refractivity contribution in [3.05, 3.63) is 0 Å². The molecule has 0 saturated carbocycles. The molecule has 2 nitrogen and oxygen atoms in total. The van der Waals surface area contributed by atoms with Gasteiger partial charge in [-0.05, 0) is 13.6 Å². The van der Waals surface area contributed by atoms with Crippen LogP contribution in [0.1, 0.15) is 41.0 Å². The lowest BCUT2D eigenvalue weighted by Gasteiger charge is -2.31. The number of nitrogens with zero attached hydrogens (tertiary/aromatic N) is 2. The first-order valence-corrected chi connectivity index (χ1v) is 6.15. The summed E-state index contributed by atoms with van der Waals surface area (Å²) in [5.41, 5.74) is 0. The number of hydrogen-bond acceptors (Lipinski definition) is 2. The van der Waals surface area contributed by atoms with E-state index < -0.39 is 0 Å². The summed E-state index contributed by atoms with van der Waals surface area (Å²) in [6.07, 6.45) is 1.25. The van der Waals surface area contributed by atoms with Crippen LogP contribution in [0.4, 0.5) is 0 Å². The highest BCUT2D eigenvalue weighted by molar-refractivity contribution is 4.66. The van der Waals surface area contributed by atoms with Gasteiger partial charge >= 0.3 is 0 Å². The molecule has 0 aromatic carbocycles. The Kier molecular flexibility index (Phi) is 15.1. The minimum Gasteiger partial charge on any atom is -0.304 e. The molecule has 1 saturated heterocycles. The van der Waals surface area contributed by atoms with Crippen LogP contribution >= 0.6 is 0 Å². The molecule has 0 aromatic heterocycles. The van der Waals surface area contributed by atoms with Crippen molar-refractivity contribution < 1.29 is 0 Å². The first kappa shape index (κ1) is 16.4. The normalized spacial score (nSPS) is 17.6. The van der Waals surface area contributed by atoms with Gasteiger partial charge in [0.2, 0.25) is 0 Å². The molecule has 0 bridgehead atoms. The van der Waals surface area contributed by atoms with E-state index in [1.54, 1.807) is 0 Å². The highest BCUT2D eigenvalue weighted by atomic mass is 15.2. The third-order valence-corrected chi connectivity index (χ3v) is 2.04. The van der Waals surface area contributed by atoms with Crippen molar-refractivity contribution in [3.8, 4) is 0 Å². The average Bonchev–Trinajstić information content (AvgIpc) is 2.23. The van der Waals surface area contributed by atoms with Gasteiger partial charge < -0.3 is 9.80 Å². The Bertz CT molecular complexity index is 86.3. The predicted molar refractivity (Wildman–Crippen MR) is 66.9 cm³/mol. The van der Waals surface area contributed by atoms with Crippen molar-refractivity contribution in [2.24, 2.45) is 0 Å².